The Labute approximate surface area is 207 Å². The number of β-amino-alcohol motifs (C(OH)–C–C–N with tert-alkyl or cyclic N) is 1. The number of carbonyl (C=O) groups is 1. The third kappa shape index (κ3) is 7.46. The first-order chi connectivity index (χ1) is 16.1. The predicted molar refractivity (Wildman–Crippen MR) is 129 cm³/mol. The van der Waals surface area contributed by atoms with Crippen LogP contribution in [0.5, 0.6) is 0 Å². The van der Waals surface area contributed by atoms with Crippen LogP contribution in [0.15, 0.2) is 35.3 Å². The van der Waals surface area contributed by atoms with Gasteiger partial charge in [-0.2, -0.15) is 10.3 Å². The maximum atomic E-state index is 14.5. The minimum absolute atomic E-state index is 0. The number of anilines is 2. The summed E-state index contributed by atoms with van der Waals surface area (Å²) in [7, 11) is 1.41. The Kier molecular flexibility index (Phi) is 11.3. The molecule has 7 N–H and O–H groups in total. The molecule has 0 spiro atoms. The van der Waals surface area contributed by atoms with Gasteiger partial charge >= 0.3 is 0 Å². The molecule has 0 saturated carbocycles. The SMILES string of the molecule is CC.CO[NH2+]NC(N)=NCC1(O)CN(C(=O)c2ccc(F)c(F)c2Nc2ccc(C)cc2F)C1.Cl. The highest BCUT2D eigenvalue weighted by molar-refractivity contribution is 6.01. The van der Waals surface area contributed by atoms with Gasteiger partial charge in [-0.25, -0.2) is 18.2 Å². The third-order valence-electron chi connectivity index (χ3n) is 4.84. The zero-order valence-electron chi connectivity index (χ0n) is 19.9. The van der Waals surface area contributed by atoms with Crippen LogP contribution in [0.2, 0.25) is 0 Å². The number of aryl methyl sites for hydroxylation is 1. The number of likely N-dealkylation sites (tertiary alicyclic amines) is 1. The van der Waals surface area contributed by atoms with Crippen molar-refractivity contribution in [1.29, 1.82) is 0 Å². The average Bonchev–Trinajstić information content (AvgIpc) is 2.80. The summed E-state index contributed by atoms with van der Waals surface area (Å²) in [5, 5.41) is 13.0. The van der Waals surface area contributed by atoms with Crippen molar-refractivity contribution in [1.82, 2.24) is 10.3 Å². The Morgan fingerprint density at radius 3 is 2.49 bits per heavy atom. The zero-order valence-corrected chi connectivity index (χ0v) is 20.7. The van der Waals surface area contributed by atoms with Crippen molar-refractivity contribution < 1.29 is 33.5 Å². The number of benzene rings is 2. The second-order valence-corrected chi connectivity index (χ2v) is 7.48. The van der Waals surface area contributed by atoms with Gasteiger partial charge in [-0.3, -0.25) is 4.79 Å². The van der Waals surface area contributed by atoms with Crippen molar-refractivity contribution in [3.05, 3.63) is 58.9 Å². The van der Waals surface area contributed by atoms with Gasteiger partial charge in [0, 0.05) is 0 Å². The first kappa shape index (κ1) is 30.0. The second kappa shape index (κ2) is 13.1. The molecule has 194 valence electrons. The van der Waals surface area contributed by atoms with Crippen LogP contribution in [0.1, 0.15) is 29.8 Å². The number of rotatable bonds is 7. The number of nitrogens with zero attached hydrogens (tertiary/aromatic N) is 2. The number of carbonyl (C=O) groups excluding carboxylic acids is 1. The van der Waals surface area contributed by atoms with Crippen LogP contribution < -0.4 is 22.1 Å². The van der Waals surface area contributed by atoms with Crippen LogP contribution in [0, 0.1) is 24.4 Å². The van der Waals surface area contributed by atoms with E-state index in [9.17, 15) is 23.1 Å². The number of halogens is 4. The molecule has 2 aromatic rings. The molecule has 0 atom stereocenters. The van der Waals surface area contributed by atoms with E-state index >= 15 is 0 Å². The van der Waals surface area contributed by atoms with E-state index < -0.39 is 34.6 Å². The maximum Gasteiger partial charge on any atom is 0.256 e. The minimum atomic E-state index is -1.33. The lowest BCUT2D eigenvalue weighted by atomic mass is 9.93. The van der Waals surface area contributed by atoms with Gasteiger partial charge in [0.25, 0.3) is 5.91 Å². The number of hydrogen-bond donors (Lipinski definition) is 5. The largest absolute Gasteiger partial charge is 0.384 e. The summed E-state index contributed by atoms with van der Waals surface area (Å²) in [5.41, 5.74) is 7.84. The van der Waals surface area contributed by atoms with Crippen LogP contribution in [0.25, 0.3) is 0 Å². The summed E-state index contributed by atoms with van der Waals surface area (Å²) < 4.78 is 42.6. The summed E-state index contributed by atoms with van der Waals surface area (Å²) in [4.78, 5) is 22.8. The van der Waals surface area contributed by atoms with Crippen LogP contribution in [-0.4, -0.2) is 54.2 Å². The smallest absolute Gasteiger partial charge is 0.256 e. The summed E-state index contributed by atoms with van der Waals surface area (Å²) in [6.45, 7) is 5.38. The van der Waals surface area contributed by atoms with Gasteiger partial charge in [0.2, 0.25) is 5.96 Å². The van der Waals surface area contributed by atoms with Crippen molar-refractivity contribution in [2.24, 2.45) is 10.7 Å². The molecule has 1 aliphatic heterocycles. The summed E-state index contributed by atoms with van der Waals surface area (Å²) in [6, 6.07) is 6.09. The molecule has 13 heteroatoms. The topological polar surface area (TPSA) is 129 Å². The fraction of sp³-hybridized carbons (Fsp3) is 0.364. The summed E-state index contributed by atoms with van der Waals surface area (Å²) in [5.74, 6) is -3.84. The van der Waals surface area contributed by atoms with Crippen molar-refractivity contribution in [3.8, 4) is 0 Å². The quantitative estimate of drug-likeness (QED) is 0.164. The molecule has 9 nitrogen and oxygen atoms in total. The minimum Gasteiger partial charge on any atom is -0.384 e. The molecule has 0 aliphatic carbocycles. The fourth-order valence-corrected chi connectivity index (χ4v) is 3.18. The molecule has 1 amide bonds. The Morgan fingerprint density at radius 1 is 1.23 bits per heavy atom. The molecule has 3 rings (SSSR count). The second-order valence-electron chi connectivity index (χ2n) is 7.48. The van der Waals surface area contributed by atoms with Gasteiger partial charge in [-0.15, -0.1) is 18.0 Å². The number of aliphatic hydroxyl groups is 1. The first-order valence-corrected chi connectivity index (χ1v) is 10.6. The highest BCUT2D eigenvalue weighted by atomic mass is 35.5. The Hall–Kier alpha value is -3.06. The molecule has 0 bridgehead atoms. The van der Waals surface area contributed by atoms with Crippen LogP contribution in [0.3, 0.4) is 0 Å². The monoisotopic (exact) mass is 519 g/mol. The van der Waals surface area contributed by atoms with Gasteiger partial charge in [0.05, 0.1) is 43.7 Å². The van der Waals surface area contributed by atoms with E-state index in [0.717, 1.165) is 12.1 Å². The average molecular weight is 520 g/mol. The van der Waals surface area contributed by atoms with E-state index in [1.165, 1.54) is 29.7 Å². The molecule has 1 heterocycles. The number of quaternary nitrogens is 1. The molecule has 0 aromatic heterocycles. The number of nitrogens with two attached hydrogens (primary N) is 2. The van der Waals surface area contributed by atoms with Gasteiger partial charge in [0.15, 0.2) is 11.6 Å². The predicted octanol–water partition coefficient (Wildman–Crippen LogP) is 1.73. The van der Waals surface area contributed by atoms with E-state index in [4.69, 9.17) is 5.73 Å². The fourth-order valence-electron chi connectivity index (χ4n) is 3.18. The first-order valence-electron chi connectivity index (χ1n) is 10.6. The molecule has 35 heavy (non-hydrogen) atoms. The van der Waals surface area contributed by atoms with Crippen molar-refractivity contribution in [2.45, 2.75) is 26.4 Å². The number of aliphatic imine (C=N–C) groups is 1. The molecule has 1 fully saturated rings. The summed E-state index contributed by atoms with van der Waals surface area (Å²) >= 11 is 0. The van der Waals surface area contributed by atoms with Gasteiger partial charge in [-0.05, 0) is 36.8 Å². The molecule has 0 radical (unpaired) electrons. The molecule has 0 unspecified atom stereocenters. The zero-order chi connectivity index (χ0) is 25.5. The molecule has 1 saturated heterocycles. The molecule has 1 aliphatic rings. The van der Waals surface area contributed by atoms with E-state index in [1.807, 2.05) is 13.8 Å². The molecular weight excluding hydrogens is 489 g/mol. The highest BCUT2D eigenvalue weighted by Crippen LogP contribution is 2.31. The Balaban J connectivity index is 0.00000199. The van der Waals surface area contributed by atoms with Gasteiger partial charge in [0.1, 0.15) is 11.4 Å². The lowest BCUT2D eigenvalue weighted by Gasteiger charge is -2.45. The molecular formula is C22H31ClF3N6O3+. The number of guanidine groups is 1. The van der Waals surface area contributed by atoms with Crippen LogP contribution >= 0.6 is 12.4 Å². The van der Waals surface area contributed by atoms with E-state index in [-0.39, 0.29) is 49.3 Å². The van der Waals surface area contributed by atoms with E-state index in [2.05, 4.69) is 20.6 Å². The Bertz CT molecular complexity index is 1050. The lowest BCUT2D eigenvalue weighted by molar-refractivity contribution is -0.920. The van der Waals surface area contributed by atoms with Crippen molar-refractivity contribution in [3.63, 3.8) is 0 Å². The van der Waals surface area contributed by atoms with Crippen LogP contribution in [-0.2, 0) is 4.84 Å². The highest BCUT2D eigenvalue weighted by Gasteiger charge is 2.44. The summed E-state index contributed by atoms with van der Waals surface area (Å²) in [6.07, 6.45) is 0. The standard InChI is InChI=1S/C20H23F3N6O3.C2H6.ClH/c1-11-3-6-15(14(22)7-11)26-17-12(4-5-13(21)16(17)23)18(30)29-9-20(31,10-29)8-25-19(24)27-28-32-2;1-2;/h3-7,26,28,31H,8-10H2,1-2H3,(H3,24,25,27);1-2H3;1H/p+1. The van der Waals surface area contributed by atoms with Crippen molar-refractivity contribution in [2.75, 3.05) is 32.1 Å². The van der Waals surface area contributed by atoms with E-state index in [1.54, 1.807) is 13.0 Å². The molecule has 2 aromatic carbocycles. The Morgan fingerprint density at radius 2 is 1.89 bits per heavy atom. The van der Waals surface area contributed by atoms with Gasteiger partial charge in [-0.1, -0.05) is 19.9 Å². The number of amides is 1. The number of hydrogen-bond acceptors (Lipinski definition) is 5. The third-order valence-corrected chi connectivity index (χ3v) is 4.84. The normalized spacial score (nSPS) is 14.2. The lowest BCUT2D eigenvalue weighted by Crippen LogP contribution is -2.93. The van der Waals surface area contributed by atoms with E-state index in [0.29, 0.717) is 5.56 Å². The van der Waals surface area contributed by atoms with Crippen LogP contribution in [0.4, 0.5) is 24.5 Å². The number of nitrogens with one attached hydrogen (secondary N) is 2. The van der Waals surface area contributed by atoms with Crippen molar-refractivity contribution >= 4 is 35.6 Å². The van der Waals surface area contributed by atoms with Gasteiger partial charge < -0.3 is 21.1 Å². The maximum absolute atomic E-state index is 14.5.